The Morgan fingerprint density at radius 3 is 0.619 bits per heavy atom. The molecule has 1 radical (unpaired) electrons. The third-order valence-corrected chi connectivity index (χ3v) is 7.97. The first kappa shape index (κ1) is 48.3. The molecule has 6 heteroatoms. The maximum Gasteiger partial charge on any atom is 0.146 e. The van der Waals surface area contributed by atoms with Gasteiger partial charge in [-0.1, -0.05) is 194 Å². The van der Waals surface area contributed by atoms with E-state index in [4.69, 9.17) is 0 Å². The normalized spacial score (nSPS) is 10.3. The summed E-state index contributed by atoms with van der Waals surface area (Å²) in [7, 11) is 0. The van der Waals surface area contributed by atoms with Crippen LogP contribution in [0, 0.1) is 0 Å². The third-order valence-electron chi connectivity index (χ3n) is 7.97. The Labute approximate surface area is 273 Å². The van der Waals surface area contributed by atoms with Crippen LogP contribution < -0.4 is 10.2 Å². The summed E-state index contributed by atoms with van der Waals surface area (Å²) in [5, 5.41) is 20.4. The lowest BCUT2D eigenvalue weighted by molar-refractivity contribution is -0.307. The smallest absolute Gasteiger partial charge is 0.146 e. The second-order valence-electron chi connectivity index (χ2n) is 12.1. The van der Waals surface area contributed by atoms with Crippen LogP contribution in [0.15, 0.2) is 0 Å². The lowest BCUT2D eigenvalue weighted by atomic mass is 10.0. The molecule has 0 spiro atoms. The van der Waals surface area contributed by atoms with Gasteiger partial charge in [-0.25, -0.2) is 0 Å². The molecule has 0 saturated carbocycles. The highest BCUT2D eigenvalue weighted by molar-refractivity contribution is 5.75. The van der Waals surface area contributed by atoms with Crippen LogP contribution in [0.5, 0.6) is 0 Å². The number of carbonyl (C=O) groups excluding carboxylic acids is 2. The van der Waals surface area contributed by atoms with Gasteiger partial charge in [0.2, 0.25) is 0 Å². The fourth-order valence-electron chi connectivity index (χ4n) is 5.28. The van der Waals surface area contributed by atoms with E-state index in [1.165, 1.54) is 167 Å². The Morgan fingerprint density at radius 1 is 0.333 bits per heavy atom. The Bertz CT molecular complexity index is 457. The van der Waals surface area contributed by atoms with E-state index in [9.17, 15) is 19.8 Å². The summed E-state index contributed by atoms with van der Waals surface area (Å²) in [5.74, 6) is -1.81. The van der Waals surface area contributed by atoms with E-state index in [1.807, 2.05) is 0 Å². The summed E-state index contributed by atoms with van der Waals surface area (Å²) in [6.07, 6.45) is 39.7. The predicted octanol–water partition coefficient (Wildman–Crippen LogP) is 8.25. The number of hydrogen-bond acceptors (Lipinski definition) is 4. The lowest BCUT2D eigenvalue weighted by Gasteiger charge is -2.04. The van der Waals surface area contributed by atoms with Gasteiger partial charge in [0, 0.05) is 11.9 Å². The zero-order chi connectivity index (χ0) is 29.8. The van der Waals surface area contributed by atoms with Crippen molar-refractivity contribution in [1.82, 2.24) is 0 Å². The molecule has 0 aliphatic carbocycles. The monoisotopic (exact) mass is 614 g/mol. The van der Waals surface area contributed by atoms with E-state index >= 15 is 0 Å². The average molecular weight is 614 g/mol. The van der Waals surface area contributed by atoms with Gasteiger partial charge in [-0.3, -0.25) is 0 Å². The van der Waals surface area contributed by atoms with E-state index < -0.39 is 11.9 Å². The fourth-order valence-corrected chi connectivity index (χ4v) is 5.28. The largest absolute Gasteiger partial charge is 0.550 e. The van der Waals surface area contributed by atoms with Gasteiger partial charge < -0.3 is 25.3 Å². The second kappa shape index (κ2) is 44.9. The van der Waals surface area contributed by atoms with Crippen LogP contribution >= 0.6 is 0 Å². The Balaban J connectivity index is -0.000000328. The Kier molecular flexibility index (Phi) is 51.6. The van der Waals surface area contributed by atoms with E-state index in [0.29, 0.717) is 0 Å². The SMILES string of the molecule is CCCCCCCCCCCCCCCCCC(=O)[O-].CCCCCCCCCCCCCCCCCC(=O)[O-].O.[AlH2]. The maximum absolute atomic E-state index is 10.2. The first-order chi connectivity index (χ1) is 19.5. The minimum atomic E-state index is -0.903. The van der Waals surface area contributed by atoms with Crippen LogP contribution in [0.2, 0.25) is 0 Å². The molecule has 0 atom stereocenters. The average Bonchev–Trinajstić information content (AvgIpc) is 2.93. The molecule has 0 fully saturated rings. The van der Waals surface area contributed by atoms with E-state index in [2.05, 4.69) is 13.8 Å². The second-order valence-corrected chi connectivity index (χ2v) is 12.1. The molecule has 0 rings (SSSR count). The first-order valence-electron chi connectivity index (χ1n) is 17.9. The van der Waals surface area contributed by atoms with Crippen LogP contribution in [-0.2, 0) is 9.59 Å². The third kappa shape index (κ3) is 52.1. The van der Waals surface area contributed by atoms with Gasteiger partial charge in [0.25, 0.3) is 0 Å². The molecule has 0 bridgehead atoms. The molecule has 5 nitrogen and oxygen atoms in total. The predicted molar refractivity (Wildman–Crippen MR) is 181 cm³/mol. The Morgan fingerprint density at radius 2 is 0.476 bits per heavy atom. The molecular weight excluding hydrogens is 539 g/mol. The number of hydrogen-bond donors (Lipinski definition) is 0. The van der Waals surface area contributed by atoms with Gasteiger partial charge in [0.15, 0.2) is 0 Å². The van der Waals surface area contributed by atoms with Crippen molar-refractivity contribution in [3.63, 3.8) is 0 Å². The molecule has 0 unspecified atom stereocenters. The first-order valence-corrected chi connectivity index (χ1v) is 17.9. The molecule has 0 amide bonds. The van der Waals surface area contributed by atoms with Gasteiger partial charge in [-0.2, -0.15) is 0 Å². The van der Waals surface area contributed by atoms with Gasteiger partial charge in [-0.15, -0.1) is 0 Å². The van der Waals surface area contributed by atoms with Gasteiger partial charge in [0.05, 0.1) is 0 Å². The topological polar surface area (TPSA) is 112 Å². The minimum absolute atomic E-state index is 0. The highest BCUT2D eigenvalue weighted by Crippen LogP contribution is 2.15. The number of carbonyl (C=O) groups is 2. The summed E-state index contributed by atoms with van der Waals surface area (Å²) in [5.41, 5.74) is 0. The van der Waals surface area contributed by atoms with Gasteiger partial charge in [-0.05, 0) is 25.7 Å². The van der Waals surface area contributed by atoms with Crippen molar-refractivity contribution < 1.29 is 25.3 Å². The molecule has 0 saturated heterocycles. The van der Waals surface area contributed by atoms with Crippen molar-refractivity contribution in [2.24, 2.45) is 0 Å². The van der Waals surface area contributed by atoms with Crippen LogP contribution in [0.25, 0.3) is 0 Å². The zero-order valence-corrected chi connectivity index (χ0v) is 30.8. The van der Waals surface area contributed by atoms with E-state index in [-0.39, 0.29) is 35.7 Å². The maximum atomic E-state index is 10.2. The molecule has 0 aliphatic heterocycles. The van der Waals surface area contributed by atoms with Crippen molar-refractivity contribution in [2.45, 2.75) is 219 Å². The molecule has 253 valence electrons. The lowest BCUT2D eigenvalue weighted by Crippen LogP contribution is -2.21. The van der Waals surface area contributed by atoms with E-state index in [1.54, 1.807) is 0 Å². The molecule has 0 aliphatic rings. The summed E-state index contributed by atoms with van der Waals surface area (Å²) in [6.45, 7) is 4.53. The van der Waals surface area contributed by atoms with Crippen molar-refractivity contribution in [3.8, 4) is 0 Å². The van der Waals surface area contributed by atoms with E-state index in [0.717, 1.165) is 25.7 Å². The minimum Gasteiger partial charge on any atom is -0.550 e. The summed E-state index contributed by atoms with van der Waals surface area (Å²) >= 11 is 0. The summed E-state index contributed by atoms with van der Waals surface area (Å²) in [4.78, 5) is 20.4. The Hall–Kier alpha value is -0.568. The molecular formula is C36H74AlO5-2. The number of carboxylic acid groups (broad SMARTS) is 2. The van der Waals surface area contributed by atoms with Gasteiger partial charge >= 0.3 is 0 Å². The van der Waals surface area contributed by atoms with Crippen molar-refractivity contribution in [2.75, 3.05) is 0 Å². The van der Waals surface area contributed by atoms with Crippen molar-refractivity contribution in [3.05, 3.63) is 0 Å². The zero-order valence-electron chi connectivity index (χ0n) is 28.8. The molecule has 2 N–H and O–H groups in total. The van der Waals surface area contributed by atoms with Crippen molar-refractivity contribution >= 4 is 29.3 Å². The molecule has 0 heterocycles. The van der Waals surface area contributed by atoms with Crippen LogP contribution in [-0.4, -0.2) is 34.8 Å². The molecule has 42 heavy (non-hydrogen) atoms. The molecule has 0 aromatic rings. The van der Waals surface area contributed by atoms with Crippen LogP contribution in [0.4, 0.5) is 0 Å². The quantitative estimate of drug-likeness (QED) is 0.0561. The molecule has 0 aromatic heterocycles. The molecule has 0 aromatic carbocycles. The summed E-state index contributed by atoms with van der Waals surface area (Å²) < 4.78 is 0. The summed E-state index contributed by atoms with van der Waals surface area (Å²) in [6, 6.07) is 0. The highest BCUT2D eigenvalue weighted by Gasteiger charge is 1.96. The highest BCUT2D eigenvalue weighted by atomic mass is 27.0. The number of carboxylic acids is 2. The number of rotatable bonds is 32. The number of aliphatic carboxylic acids is 2. The van der Waals surface area contributed by atoms with Gasteiger partial charge in [0.1, 0.15) is 17.4 Å². The van der Waals surface area contributed by atoms with Crippen molar-refractivity contribution in [1.29, 1.82) is 0 Å². The van der Waals surface area contributed by atoms with Crippen LogP contribution in [0.3, 0.4) is 0 Å². The van der Waals surface area contributed by atoms with Crippen LogP contribution in [0.1, 0.15) is 219 Å². The number of unbranched alkanes of at least 4 members (excludes halogenated alkanes) is 28. The standard InChI is InChI=1S/2C18H36O2.Al.H2O.2H/c2*1-2-3-4-5-6-7-8-9-10-11-12-13-14-15-16-17-18(19)20;;;;/h2*2-17H2,1H3,(H,19,20);;1H2;;/p-2. The fraction of sp³-hybridized carbons (Fsp3) is 0.944.